The lowest BCUT2D eigenvalue weighted by Crippen LogP contribution is -2.61. The van der Waals surface area contributed by atoms with E-state index in [2.05, 4.69) is 21.3 Å². The minimum Gasteiger partial charge on any atom is -0.473 e. The molecule has 4 N–H and O–H groups in total. The first kappa shape index (κ1) is 25.8. The standard InChI is InChI=1S/C22H28F6N4O3/c23-21(24,25)13-7-8-17(30-12-13)32-19(33)31-15-5-3-10-29-18(15)35-16-6-2-1-4-14(16)20(9-11-34-20)22(26,27)28/h1-2,4,6,13,15,17-18,29-30H,3,5,7-12H2,(H2,31,32,33). The van der Waals surface area contributed by atoms with E-state index < -0.39 is 48.3 Å². The molecule has 0 bridgehead atoms. The van der Waals surface area contributed by atoms with Gasteiger partial charge in [0.25, 0.3) is 0 Å². The van der Waals surface area contributed by atoms with Crippen LogP contribution >= 0.6 is 0 Å². The van der Waals surface area contributed by atoms with E-state index in [0.717, 1.165) is 0 Å². The summed E-state index contributed by atoms with van der Waals surface area (Å²) in [5, 5.41) is 11.1. The Bertz CT molecular complexity index is 885. The summed E-state index contributed by atoms with van der Waals surface area (Å²) in [5.74, 6) is -1.45. The normalized spacial score (nSPS) is 31.8. The molecule has 5 unspecified atom stereocenters. The van der Waals surface area contributed by atoms with Crippen LogP contribution in [0.1, 0.15) is 37.7 Å². The van der Waals surface area contributed by atoms with Crippen LogP contribution in [0.25, 0.3) is 0 Å². The van der Waals surface area contributed by atoms with Crippen LogP contribution in [0, 0.1) is 5.92 Å². The largest absolute Gasteiger partial charge is 0.473 e. The third-order valence-corrected chi connectivity index (χ3v) is 6.74. The van der Waals surface area contributed by atoms with Gasteiger partial charge in [-0.25, -0.2) is 4.79 Å². The fraction of sp³-hybridized carbons (Fsp3) is 0.682. The Morgan fingerprint density at radius 3 is 2.40 bits per heavy atom. The van der Waals surface area contributed by atoms with E-state index in [9.17, 15) is 31.1 Å². The Morgan fingerprint density at radius 1 is 1.06 bits per heavy atom. The van der Waals surface area contributed by atoms with Crippen molar-refractivity contribution >= 4 is 6.03 Å². The molecule has 4 rings (SSSR count). The lowest BCUT2D eigenvalue weighted by atomic mass is 9.85. The molecule has 35 heavy (non-hydrogen) atoms. The van der Waals surface area contributed by atoms with E-state index in [1.54, 1.807) is 6.07 Å². The van der Waals surface area contributed by atoms with E-state index in [-0.39, 0.29) is 43.7 Å². The summed E-state index contributed by atoms with van der Waals surface area (Å²) in [4.78, 5) is 12.5. The SMILES string of the molecule is O=C(NC1CCC(C(F)(F)F)CN1)NC1CCCNC1Oc1ccccc1C1(C(F)(F)F)CCO1. The maximum absolute atomic E-state index is 13.8. The molecule has 0 spiro atoms. The van der Waals surface area contributed by atoms with Gasteiger partial charge in [-0.05, 0) is 38.3 Å². The van der Waals surface area contributed by atoms with Gasteiger partial charge < -0.3 is 20.1 Å². The van der Waals surface area contributed by atoms with Crippen LogP contribution in [0.5, 0.6) is 5.75 Å². The molecule has 7 nitrogen and oxygen atoms in total. The zero-order valence-electron chi connectivity index (χ0n) is 18.8. The second kappa shape index (κ2) is 10.0. The summed E-state index contributed by atoms with van der Waals surface area (Å²) < 4.78 is 90.9. The molecule has 196 valence electrons. The fourth-order valence-electron chi connectivity index (χ4n) is 4.69. The highest BCUT2D eigenvalue weighted by Gasteiger charge is 2.62. The first-order valence-corrected chi connectivity index (χ1v) is 11.6. The smallest absolute Gasteiger partial charge is 0.421 e. The lowest BCUT2D eigenvalue weighted by molar-refractivity contribution is -0.334. The van der Waals surface area contributed by atoms with Crippen molar-refractivity contribution in [1.29, 1.82) is 0 Å². The second-order valence-electron chi connectivity index (χ2n) is 9.06. The maximum atomic E-state index is 13.8. The van der Waals surface area contributed by atoms with Crippen molar-refractivity contribution < 1.29 is 40.6 Å². The Kier molecular flexibility index (Phi) is 7.39. The Labute approximate surface area is 198 Å². The second-order valence-corrected chi connectivity index (χ2v) is 9.06. The molecule has 3 aliphatic rings. The quantitative estimate of drug-likeness (QED) is 0.456. The number of benzene rings is 1. The molecule has 0 aliphatic carbocycles. The summed E-state index contributed by atoms with van der Waals surface area (Å²) in [5.41, 5.74) is -2.56. The Morgan fingerprint density at radius 2 is 1.80 bits per heavy atom. The van der Waals surface area contributed by atoms with Crippen molar-refractivity contribution in [2.24, 2.45) is 5.92 Å². The molecule has 0 saturated carbocycles. The molecule has 1 aromatic carbocycles. The van der Waals surface area contributed by atoms with Crippen molar-refractivity contribution in [3.8, 4) is 5.75 Å². The number of urea groups is 1. The molecule has 3 heterocycles. The molecule has 3 fully saturated rings. The van der Waals surface area contributed by atoms with Crippen molar-refractivity contribution in [3.05, 3.63) is 29.8 Å². The molecule has 5 atom stereocenters. The number of para-hydroxylation sites is 1. The minimum atomic E-state index is -4.62. The third kappa shape index (κ3) is 5.61. The van der Waals surface area contributed by atoms with Crippen LogP contribution in [0.2, 0.25) is 0 Å². The number of ether oxygens (including phenoxy) is 2. The van der Waals surface area contributed by atoms with Crippen LogP contribution < -0.4 is 26.0 Å². The molecule has 0 radical (unpaired) electrons. The van der Waals surface area contributed by atoms with Crippen LogP contribution in [0.15, 0.2) is 24.3 Å². The molecule has 13 heteroatoms. The Balaban J connectivity index is 1.39. The van der Waals surface area contributed by atoms with E-state index in [0.29, 0.717) is 19.4 Å². The molecule has 0 aromatic heterocycles. The lowest BCUT2D eigenvalue weighted by Gasteiger charge is -2.44. The van der Waals surface area contributed by atoms with Crippen molar-refractivity contribution in [3.63, 3.8) is 0 Å². The van der Waals surface area contributed by atoms with Crippen LogP contribution in [-0.2, 0) is 10.3 Å². The summed E-state index contributed by atoms with van der Waals surface area (Å²) in [6, 6.07) is 4.62. The molecule has 3 saturated heterocycles. The number of carbonyl (C=O) groups excluding carboxylic acids is 1. The predicted octanol–water partition coefficient (Wildman–Crippen LogP) is 3.51. The number of hydrogen-bond acceptors (Lipinski definition) is 5. The highest BCUT2D eigenvalue weighted by Crippen LogP contribution is 2.52. The molecule has 3 aliphatic heterocycles. The first-order chi connectivity index (χ1) is 16.5. The van der Waals surface area contributed by atoms with Gasteiger partial charge in [0.2, 0.25) is 0 Å². The minimum absolute atomic E-state index is 0.00303. The molecule has 2 amide bonds. The van der Waals surface area contributed by atoms with Gasteiger partial charge in [0.05, 0.1) is 24.7 Å². The number of rotatable bonds is 5. The van der Waals surface area contributed by atoms with Gasteiger partial charge in [-0.15, -0.1) is 0 Å². The van der Waals surface area contributed by atoms with Crippen molar-refractivity contribution in [1.82, 2.24) is 21.3 Å². The zero-order valence-corrected chi connectivity index (χ0v) is 18.8. The van der Waals surface area contributed by atoms with Crippen molar-refractivity contribution in [2.75, 3.05) is 19.7 Å². The average molecular weight is 510 g/mol. The number of carbonyl (C=O) groups is 1. The van der Waals surface area contributed by atoms with Crippen LogP contribution in [-0.4, -0.2) is 56.5 Å². The number of alkyl halides is 6. The average Bonchev–Trinajstić information content (AvgIpc) is 2.74. The summed E-state index contributed by atoms with van der Waals surface area (Å²) in [6.07, 6.45) is -9.35. The van der Waals surface area contributed by atoms with Gasteiger partial charge in [-0.2, -0.15) is 26.3 Å². The van der Waals surface area contributed by atoms with Crippen LogP contribution in [0.3, 0.4) is 0 Å². The number of nitrogens with one attached hydrogen (secondary N) is 4. The molecular weight excluding hydrogens is 482 g/mol. The number of halogens is 6. The van der Waals surface area contributed by atoms with Crippen molar-refractivity contribution in [2.45, 2.75) is 68.5 Å². The van der Waals surface area contributed by atoms with Crippen LogP contribution in [0.4, 0.5) is 31.1 Å². The summed E-state index contributed by atoms with van der Waals surface area (Å²) in [7, 11) is 0. The number of amides is 2. The van der Waals surface area contributed by atoms with E-state index in [1.807, 2.05) is 0 Å². The summed E-state index contributed by atoms with van der Waals surface area (Å²) >= 11 is 0. The van der Waals surface area contributed by atoms with E-state index in [4.69, 9.17) is 9.47 Å². The fourth-order valence-corrected chi connectivity index (χ4v) is 4.69. The van der Waals surface area contributed by atoms with Gasteiger partial charge in [-0.1, -0.05) is 18.2 Å². The zero-order chi connectivity index (χ0) is 25.3. The highest BCUT2D eigenvalue weighted by atomic mass is 19.4. The number of piperidine rings is 2. The van der Waals surface area contributed by atoms with Gasteiger partial charge in [0, 0.05) is 18.5 Å². The van der Waals surface area contributed by atoms with Gasteiger partial charge in [0.1, 0.15) is 5.75 Å². The van der Waals surface area contributed by atoms with Gasteiger partial charge in [-0.3, -0.25) is 10.6 Å². The third-order valence-electron chi connectivity index (χ3n) is 6.74. The predicted molar refractivity (Wildman–Crippen MR) is 112 cm³/mol. The topological polar surface area (TPSA) is 83.7 Å². The van der Waals surface area contributed by atoms with Gasteiger partial charge in [0.15, 0.2) is 11.8 Å². The van der Waals surface area contributed by atoms with E-state index >= 15 is 0 Å². The monoisotopic (exact) mass is 510 g/mol. The highest BCUT2D eigenvalue weighted by molar-refractivity contribution is 5.74. The molecule has 1 aromatic rings. The molecular formula is C22H28F6N4O3. The van der Waals surface area contributed by atoms with Gasteiger partial charge >= 0.3 is 18.4 Å². The summed E-state index contributed by atoms with van der Waals surface area (Å²) in [6.45, 7) is 0.236. The number of hydrogen-bond donors (Lipinski definition) is 4. The Hall–Kier alpha value is -2.25. The first-order valence-electron chi connectivity index (χ1n) is 11.6. The van der Waals surface area contributed by atoms with E-state index in [1.165, 1.54) is 18.2 Å². The maximum Gasteiger partial charge on any atom is 0.421 e.